The van der Waals surface area contributed by atoms with Crippen LogP contribution in [0.1, 0.15) is 37.7 Å². The average molecular weight is 327 g/mol. The van der Waals surface area contributed by atoms with E-state index in [1.165, 1.54) is 0 Å². The van der Waals surface area contributed by atoms with Crippen LogP contribution in [0, 0.1) is 5.41 Å². The molecule has 1 fully saturated rings. The summed E-state index contributed by atoms with van der Waals surface area (Å²) in [6.07, 6.45) is 1.08. The maximum atomic E-state index is 12.1. The molecule has 0 aromatic carbocycles. The molecule has 1 heterocycles. The summed E-state index contributed by atoms with van der Waals surface area (Å²) in [5, 5.41) is 3.04. The van der Waals surface area contributed by atoms with Gasteiger partial charge in [-0.1, -0.05) is 19.9 Å². The van der Waals surface area contributed by atoms with E-state index in [2.05, 4.69) is 40.1 Å². The van der Waals surface area contributed by atoms with Crippen molar-refractivity contribution in [3.8, 4) is 0 Å². The second-order valence-electron chi connectivity index (χ2n) is 5.37. The van der Waals surface area contributed by atoms with Crippen molar-refractivity contribution >= 4 is 21.8 Å². The Labute approximate surface area is 122 Å². The van der Waals surface area contributed by atoms with Crippen LogP contribution >= 0.6 is 15.9 Å². The molecular weight excluding hydrogens is 308 g/mol. The lowest BCUT2D eigenvalue weighted by Crippen LogP contribution is -2.62. The van der Waals surface area contributed by atoms with Gasteiger partial charge in [0.15, 0.2) is 0 Å². The van der Waals surface area contributed by atoms with Gasteiger partial charge in [-0.2, -0.15) is 0 Å². The largest absolute Gasteiger partial charge is 0.378 e. The molecule has 0 spiro atoms. The first kappa shape index (κ1) is 14.5. The van der Waals surface area contributed by atoms with Crippen LogP contribution in [0.15, 0.2) is 22.8 Å². The van der Waals surface area contributed by atoms with Crippen LogP contribution in [0.2, 0.25) is 0 Å². The van der Waals surface area contributed by atoms with Gasteiger partial charge in [-0.3, -0.25) is 4.79 Å². The van der Waals surface area contributed by atoms with Crippen molar-refractivity contribution in [3.05, 3.63) is 28.5 Å². The lowest BCUT2D eigenvalue weighted by molar-refractivity contribution is -0.111. The Morgan fingerprint density at radius 2 is 2.32 bits per heavy atom. The molecule has 0 saturated heterocycles. The maximum absolute atomic E-state index is 12.1. The normalized spacial score (nSPS) is 24.6. The summed E-state index contributed by atoms with van der Waals surface area (Å²) < 4.78 is 6.32. The monoisotopic (exact) mass is 326 g/mol. The molecule has 0 aliphatic heterocycles. The van der Waals surface area contributed by atoms with Gasteiger partial charge in [-0.25, -0.2) is 4.98 Å². The van der Waals surface area contributed by atoms with E-state index in [1.54, 1.807) is 18.2 Å². The van der Waals surface area contributed by atoms with E-state index >= 15 is 0 Å². The lowest BCUT2D eigenvalue weighted by atomic mass is 9.64. The summed E-state index contributed by atoms with van der Waals surface area (Å²) in [5.74, 6) is -0.130. The number of ether oxygens (including phenoxy) is 1. The van der Waals surface area contributed by atoms with Crippen molar-refractivity contribution in [2.45, 2.75) is 39.3 Å². The summed E-state index contributed by atoms with van der Waals surface area (Å²) in [7, 11) is 0. The van der Waals surface area contributed by atoms with Crippen molar-refractivity contribution in [2.75, 3.05) is 6.61 Å². The molecule has 1 aromatic heterocycles. The molecule has 1 aliphatic rings. The molecule has 2 rings (SSSR count). The summed E-state index contributed by atoms with van der Waals surface area (Å²) in [6.45, 7) is 6.95. The Balaban J connectivity index is 1.98. The van der Waals surface area contributed by atoms with Crippen molar-refractivity contribution < 1.29 is 9.53 Å². The van der Waals surface area contributed by atoms with Gasteiger partial charge >= 0.3 is 0 Å². The molecule has 0 radical (unpaired) electrons. The van der Waals surface area contributed by atoms with E-state index in [-0.39, 0.29) is 23.5 Å². The van der Waals surface area contributed by atoms with E-state index in [0.29, 0.717) is 16.9 Å². The highest BCUT2D eigenvalue weighted by atomic mass is 79.9. The molecule has 1 saturated carbocycles. The summed E-state index contributed by atoms with van der Waals surface area (Å²) >= 11 is 3.27. The molecule has 2 unspecified atom stereocenters. The van der Waals surface area contributed by atoms with Crippen molar-refractivity contribution in [1.82, 2.24) is 10.3 Å². The Bertz CT molecular complexity index is 476. The van der Waals surface area contributed by atoms with Gasteiger partial charge in [-0.15, -0.1) is 0 Å². The fourth-order valence-corrected chi connectivity index (χ4v) is 2.72. The molecule has 1 N–H and O–H groups in total. The van der Waals surface area contributed by atoms with Gasteiger partial charge < -0.3 is 10.1 Å². The Morgan fingerprint density at radius 3 is 2.89 bits per heavy atom. The molecular formula is C14H19BrN2O2. The standard InChI is InChI=1S/C14H19BrN2O2/c1-4-19-11-8-10(14(11,2)3)17-13(18)9-6-5-7-12(15)16-9/h5-7,10-11H,4,8H2,1-3H3,(H,17,18). The quantitative estimate of drug-likeness (QED) is 0.865. The highest BCUT2D eigenvalue weighted by Gasteiger charge is 2.49. The van der Waals surface area contributed by atoms with Crippen molar-refractivity contribution in [2.24, 2.45) is 5.41 Å². The molecule has 1 aromatic rings. The fourth-order valence-electron chi connectivity index (χ4n) is 2.38. The Kier molecular flexibility index (Phi) is 4.26. The number of amides is 1. The first-order valence-corrected chi connectivity index (χ1v) is 7.29. The average Bonchev–Trinajstić information content (AvgIpc) is 2.37. The van der Waals surface area contributed by atoms with Gasteiger partial charge in [0.1, 0.15) is 10.3 Å². The van der Waals surface area contributed by atoms with Crippen LogP contribution in [0.5, 0.6) is 0 Å². The number of aromatic nitrogens is 1. The third-order valence-corrected chi connectivity index (χ3v) is 4.24. The number of pyridine rings is 1. The lowest BCUT2D eigenvalue weighted by Gasteiger charge is -2.51. The molecule has 19 heavy (non-hydrogen) atoms. The Morgan fingerprint density at radius 1 is 1.58 bits per heavy atom. The number of rotatable bonds is 4. The zero-order chi connectivity index (χ0) is 14.0. The number of halogens is 1. The van der Waals surface area contributed by atoms with E-state index in [9.17, 15) is 4.79 Å². The number of carbonyl (C=O) groups is 1. The van der Waals surface area contributed by atoms with Gasteiger partial charge in [0.05, 0.1) is 6.10 Å². The highest BCUT2D eigenvalue weighted by molar-refractivity contribution is 9.10. The molecule has 4 nitrogen and oxygen atoms in total. The maximum Gasteiger partial charge on any atom is 0.270 e. The fraction of sp³-hybridized carbons (Fsp3) is 0.571. The molecule has 0 bridgehead atoms. The number of hydrogen-bond acceptors (Lipinski definition) is 3. The second kappa shape index (κ2) is 5.59. The molecule has 1 amide bonds. The smallest absolute Gasteiger partial charge is 0.270 e. The minimum absolute atomic E-state index is 0.0301. The van der Waals surface area contributed by atoms with Crippen LogP contribution in [0.25, 0.3) is 0 Å². The first-order chi connectivity index (χ1) is 8.95. The number of nitrogens with one attached hydrogen (secondary N) is 1. The van der Waals surface area contributed by atoms with Crippen LogP contribution in [0.3, 0.4) is 0 Å². The van der Waals surface area contributed by atoms with Gasteiger partial charge in [0.2, 0.25) is 0 Å². The highest BCUT2D eigenvalue weighted by Crippen LogP contribution is 2.42. The SMILES string of the molecule is CCOC1CC(NC(=O)c2cccc(Br)n2)C1(C)C. The van der Waals surface area contributed by atoms with E-state index < -0.39 is 0 Å². The topological polar surface area (TPSA) is 51.2 Å². The number of nitrogens with zero attached hydrogens (tertiary/aromatic N) is 1. The van der Waals surface area contributed by atoms with Crippen LogP contribution in [0.4, 0.5) is 0 Å². The first-order valence-electron chi connectivity index (χ1n) is 6.50. The zero-order valence-electron chi connectivity index (χ0n) is 11.4. The minimum Gasteiger partial charge on any atom is -0.378 e. The van der Waals surface area contributed by atoms with Gasteiger partial charge in [0, 0.05) is 18.1 Å². The van der Waals surface area contributed by atoms with Crippen LogP contribution < -0.4 is 5.32 Å². The summed E-state index contributed by atoms with van der Waals surface area (Å²) in [6, 6.07) is 5.46. The molecule has 104 valence electrons. The molecule has 5 heteroatoms. The van der Waals surface area contributed by atoms with Gasteiger partial charge in [0.25, 0.3) is 5.91 Å². The second-order valence-corrected chi connectivity index (χ2v) is 6.19. The predicted octanol–water partition coefficient (Wildman–Crippen LogP) is 2.78. The summed E-state index contributed by atoms with van der Waals surface area (Å²) in [4.78, 5) is 16.3. The van der Waals surface area contributed by atoms with Crippen LogP contribution in [-0.4, -0.2) is 29.6 Å². The van der Waals surface area contributed by atoms with E-state index in [1.807, 2.05) is 6.92 Å². The Hall–Kier alpha value is -0.940. The summed E-state index contributed by atoms with van der Waals surface area (Å²) in [5.41, 5.74) is 0.405. The number of carbonyl (C=O) groups excluding carboxylic acids is 1. The van der Waals surface area contributed by atoms with Gasteiger partial charge in [-0.05, 0) is 41.4 Å². The number of hydrogen-bond donors (Lipinski definition) is 1. The van der Waals surface area contributed by atoms with E-state index in [0.717, 1.165) is 6.42 Å². The minimum atomic E-state index is -0.130. The molecule has 1 aliphatic carbocycles. The zero-order valence-corrected chi connectivity index (χ0v) is 13.0. The van der Waals surface area contributed by atoms with Crippen molar-refractivity contribution in [1.29, 1.82) is 0 Å². The third kappa shape index (κ3) is 2.98. The third-order valence-electron chi connectivity index (χ3n) is 3.80. The molecule has 2 atom stereocenters. The predicted molar refractivity (Wildman–Crippen MR) is 77.0 cm³/mol. The van der Waals surface area contributed by atoms with E-state index in [4.69, 9.17) is 4.74 Å². The van der Waals surface area contributed by atoms with Crippen LogP contribution in [-0.2, 0) is 4.74 Å². The van der Waals surface area contributed by atoms with Crippen molar-refractivity contribution in [3.63, 3.8) is 0 Å².